The Morgan fingerprint density at radius 1 is 1.00 bits per heavy atom. The first-order valence-corrected chi connectivity index (χ1v) is 6.16. The van der Waals surface area contributed by atoms with E-state index in [2.05, 4.69) is 19.2 Å². The van der Waals surface area contributed by atoms with E-state index in [1.54, 1.807) is 7.11 Å². The molecule has 0 amide bonds. The zero-order valence-electron chi connectivity index (χ0n) is 11.0. The van der Waals surface area contributed by atoms with Gasteiger partial charge in [0.25, 0.3) is 0 Å². The van der Waals surface area contributed by atoms with Gasteiger partial charge >= 0.3 is 0 Å². The van der Waals surface area contributed by atoms with Gasteiger partial charge in [-0.2, -0.15) is 0 Å². The second kappa shape index (κ2) is 12.9. The molecule has 0 aromatic rings. The summed E-state index contributed by atoms with van der Waals surface area (Å²) in [7, 11) is 1.67. The Bertz CT molecular complexity index is 133. The van der Waals surface area contributed by atoms with Crippen LogP contribution in [0.25, 0.3) is 0 Å². The molecular weight excluding hydrogens is 206 g/mol. The first kappa shape index (κ1) is 15.8. The van der Waals surface area contributed by atoms with E-state index in [1.807, 2.05) is 0 Å². The molecule has 98 valence electrons. The van der Waals surface area contributed by atoms with Gasteiger partial charge < -0.3 is 19.5 Å². The summed E-state index contributed by atoms with van der Waals surface area (Å²) in [6.45, 7) is 9.81. The molecule has 1 unspecified atom stereocenters. The van der Waals surface area contributed by atoms with Crippen LogP contribution in [0.4, 0.5) is 0 Å². The van der Waals surface area contributed by atoms with E-state index in [0.717, 1.165) is 25.6 Å². The maximum absolute atomic E-state index is 5.40. The lowest BCUT2D eigenvalue weighted by atomic mass is 10.1. The van der Waals surface area contributed by atoms with Gasteiger partial charge in [0, 0.05) is 13.7 Å². The highest BCUT2D eigenvalue weighted by atomic mass is 16.5. The highest BCUT2D eigenvalue weighted by Gasteiger charge is 1.96. The highest BCUT2D eigenvalue weighted by molar-refractivity contribution is 4.53. The fourth-order valence-electron chi connectivity index (χ4n) is 1.10. The Balaban J connectivity index is 2.93. The third-order valence-electron chi connectivity index (χ3n) is 2.42. The minimum atomic E-state index is 0.645. The van der Waals surface area contributed by atoms with Gasteiger partial charge in [-0.1, -0.05) is 20.3 Å². The Hall–Kier alpha value is -0.160. The Kier molecular flexibility index (Phi) is 12.8. The largest absolute Gasteiger partial charge is 0.382 e. The Morgan fingerprint density at radius 3 is 2.25 bits per heavy atom. The monoisotopic (exact) mass is 233 g/mol. The van der Waals surface area contributed by atoms with Gasteiger partial charge in [-0.15, -0.1) is 0 Å². The Labute approximate surface area is 99.6 Å². The average molecular weight is 233 g/mol. The Morgan fingerprint density at radius 2 is 1.62 bits per heavy atom. The summed E-state index contributed by atoms with van der Waals surface area (Å²) >= 11 is 0. The molecular formula is C12H27NO3. The maximum atomic E-state index is 5.40. The van der Waals surface area contributed by atoms with Crippen LogP contribution in [0.1, 0.15) is 20.3 Å². The number of ether oxygens (including phenoxy) is 3. The van der Waals surface area contributed by atoms with Crippen molar-refractivity contribution in [2.45, 2.75) is 20.3 Å². The van der Waals surface area contributed by atoms with Crippen molar-refractivity contribution in [3.05, 3.63) is 0 Å². The molecule has 0 aliphatic rings. The predicted molar refractivity (Wildman–Crippen MR) is 65.8 cm³/mol. The van der Waals surface area contributed by atoms with Crippen LogP contribution in [0.2, 0.25) is 0 Å². The molecule has 1 atom stereocenters. The van der Waals surface area contributed by atoms with Crippen molar-refractivity contribution in [2.24, 2.45) is 5.92 Å². The van der Waals surface area contributed by atoms with Crippen LogP contribution >= 0.6 is 0 Å². The third-order valence-corrected chi connectivity index (χ3v) is 2.42. The van der Waals surface area contributed by atoms with Crippen molar-refractivity contribution in [2.75, 3.05) is 53.2 Å². The lowest BCUT2D eigenvalue weighted by Crippen LogP contribution is -2.25. The van der Waals surface area contributed by atoms with Crippen molar-refractivity contribution in [3.8, 4) is 0 Å². The molecule has 0 bridgehead atoms. The van der Waals surface area contributed by atoms with E-state index in [1.165, 1.54) is 6.42 Å². The molecule has 0 aliphatic heterocycles. The van der Waals surface area contributed by atoms with Crippen LogP contribution < -0.4 is 5.32 Å². The lowest BCUT2D eigenvalue weighted by molar-refractivity contribution is 0.0255. The molecule has 0 aliphatic carbocycles. The zero-order chi connectivity index (χ0) is 12.1. The fourth-order valence-corrected chi connectivity index (χ4v) is 1.10. The molecule has 0 radical (unpaired) electrons. The molecule has 0 aromatic carbocycles. The summed E-state index contributed by atoms with van der Waals surface area (Å²) in [6.07, 6.45) is 1.22. The zero-order valence-corrected chi connectivity index (χ0v) is 11.0. The molecule has 16 heavy (non-hydrogen) atoms. The molecule has 0 aromatic heterocycles. The van der Waals surface area contributed by atoms with Crippen molar-refractivity contribution in [3.63, 3.8) is 0 Å². The number of hydrogen-bond acceptors (Lipinski definition) is 4. The van der Waals surface area contributed by atoms with Gasteiger partial charge in [0.2, 0.25) is 0 Å². The van der Waals surface area contributed by atoms with Crippen molar-refractivity contribution in [1.82, 2.24) is 5.32 Å². The smallest absolute Gasteiger partial charge is 0.0701 e. The minimum Gasteiger partial charge on any atom is -0.382 e. The van der Waals surface area contributed by atoms with Gasteiger partial charge in [-0.05, 0) is 12.5 Å². The first-order valence-electron chi connectivity index (χ1n) is 6.16. The van der Waals surface area contributed by atoms with E-state index in [4.69, 9.17) is 14.2 Å². The van der Waals surface area contributed by atoms with Gasteiger partial charge in [-0.3, -0.25) is 0 Å². The summed E-state index contributed by atoms with van der Waals surface area (Å²) in [4.78, 5) is 0. The van der Waals surface area contributed by atoms with Crippen molar-refractivity contribution in [1.29, 1.82) is 0 Å². The SMILES string of the molecule is CCC(C)CNCCOCCOCCOC. The standard InChI is InChI=1S/C12H27NO3/c1-4-12(2)11-13-5-6-15-9-10-16-8-7-14-3/h12-13H,4-11H2,1-3H3. The van der Waals surface area contributed by atoms with Crippen LogP contribution in [-0.2, 0) is 14.2 Å². The van der Waals surface area contributed by atoms with E-state index in [9.17, 15) is 0 Å². The molecule has 4 heteroatoms. The fraction of sp³-hybridized carbons (Fsp3) is 1.00. The normalized spacial score (nSPS) is 12.9. The van der Waals surface area contributed by atoms with Crippen LogP contribution in [0.3, 0.4) is 0 Å². The van der Waals surface area contributed by atoms with E-state index in [-0.39, 0.29) is 0 Å². The highest BCUT2D eigenvalue weighted by Crippen LogP contribution is 1.96. The quantitative estimate of drug-likeness (QED) is 0.516. The van der Waals surface area contributed by atoms with Gasteiger partial charge in [0.05, 0.1) is 33.0 Å². The second-order valence-corrected chi connectivity index (χ2v) is 3.94. The lowest BCUT2D eigenvalue weighted by Gasteiger charge is -2.10. The molecule has 0 spiro atoms. The number of hydrogen-bond donors (Lipinski definition) is 1. The molecule has 4 nitrogen and oxygen atoms in total. The number of rotatable bonds is 12. The summed E-state index contributed by atoms with van der Waals surface area (Å²) < 4.78 is 15.5. The van der Waals surface area contributed by atoms with Crippen molar-refractivity contribution < 1.29 is 14.2 Å². The third kappa shape index (κ3) is 11.9. The summed E-state index contributed by atoms with van der Waals surface area (Å²) in [5.41, 5.74) is 0. The molecule has 0 saturated carbocycles. The van der Waals surface area contributed by atoms with E-state index >= 15 is 0 Å². The number of nitrogens with one attached hydrogen (secondary N) is 1. The first-order chi connectivity index (χ1) is 7.81. The molecule has 0 fully saturated rings. The molecule has 0 saturated heterocycles. The predicted octanol–water partition coefficient (Wildman–Crippen LogP) is 1.30. The maximum Gasteiger partial charge on any atom is 0.0701 e. The van der Waals surface area contributed by atoms with Crippen LogP contribution in [-0.4, -0.2) is 53.2 Å². The molecule has 0 rings (SSSR count). The van der Waals surface area contributed by atoms with Gasteiger partial charge in [0.15, 0.2) is 0 Å². The van der Waals surface area contributed by atoms with Crippen LogP contribution in [0, 0.1) is 5.92 Å². The van der Waals surface area contributed by atoms with Gasteiger partial charge in [0.1, 0.15) is 0 Å². The topological polar surface area (TPSA) is 39.7 Å². The molecule has 0 heterocycles. The summed E-state index contributed by atoms with van der Waals surface area (Å²) in [6, 6.07) is 0. The minimum absolute atomic E-state index is 0.645. The second-order valence-electron chi connectivity index (χ2n) is 3.94. The summed E-state index contributed by atoms with van der Waals surface area (Å²) in [5.74, 6) is 0.748. The van der Waals surface area contributed by atoms with E-state index < -0.39 is 0 Å². The summed E-state index contributed by atoms with van der Waals surface area (Å²) in [5, 5.41) is 3.36. The van der Waals surface area contributed by atoms with Crippen LogP contribution in [0.5, 0.6) is 0 Å². The average Bonchev–Trinajstić information content (AvgIpc) is 2.31. The van der Waals surface area contributed by atoms with E-state index in [0.29, 0.717) is 26.4 Å². The number of methoxy groups -OCH3 is 1. The molecule has 1 N–H and O–H groups in total. The van der Waals surface area contributed by atoms with Crippen molar-refractivity contribution >= 4 is 0 Å². The van der Waals surface area contributed by atoms with Gasteiger partial charge in [-0.25, -0.2) is 0 Å². The van der Waals surface area contributed by atoms with Crippen LogP contribution in [0.15, 0.2) is 0 Å².